The monoisotopic (exact) mass is 758 g/mol. The number of hydrogen-bond donors (Lipinski definition) is 1. The highest BCUT2D eigenvalue weighted by Crippen LogP contribution is 2.32. The molecular weight excluding hydrogens is 681 g/mol. The molecule has 0 radical (unpaired) electrons. The molecule has 0 saturated carbocycles. The van der Waals surface area contributed by atoms with Gasteiger partial charge in [-0.1, -0.05) is 98.9 Å². The summed E-state index contributed by atoms with van der Waals surface area (Å²) in [4.78, 5) is 54.8. The Morgan fingerprint density at radius 2 is 1.37 bits per heavy atom. The number of rotatable bonds is 26. The minimum atomic E-state index is -0.873. The van der Waals surface area contributed by atoms with Crippen molar-refractivity contribution in [2.45, 2.75) is 171 Å². The molecule has 0 aliphatic heterocycles. The Bertz CT molecular complexity index is 1610. The van der Waals surface area contributed by atoms with Gasteiger partial charge in [0.15, 0.2) is 0 Å². The lowest BCUT2D eigenvalue weighted by molar-refractivity contribution is -0.893. The summed E-state index contributed by atoms with van der Waals surface area (Å²) in [7, 11) is 4.18. The Labute approximate surface area is 326 Å². The first-order valence-electron chi connectivity index (χ1n) is 21.1. The highest BCUT2D eigenvalue weighted by molar-refractivity contribution is 5.76. The van der Waals surface area contributed by atoms with Crippen LogP contribution in [0.15, 0.2) is 38.6 Å². The van der Waals surface area contributed by atoms with Crippen molar-refractivity contribution >= 4 is 5.97 Å². The maximum Gasteiger partial charge on any atom is 0.336 e. The van der Waals surface area contributed by atoms with Crippen LogP contribution >= 0.6 is 0 Å². The Balaban J connectivity index is 2.19. The molecule has 0 bridgehead atoms. The van der Waals surface area contributed by atoms with Crippen LogP contribution in [0, 0.1) is 17.3 Å². The standard InChI is InChI=1S/C44H77N4O6/c1-12-16-18-19-26-48(10,11)31-39(49)32-54-40(50)44(9,15-4)28-34(6)30-47-42(52)45(25-17-13-2)41(51)46(43(47)53)29-33(5)23-24-36(8)38-22-20-21-37(27-38)35(7)14-3/h20-22,27,33-36,39,49H,12-19,23-26,28-32H2,1-11H3/q+1. The maximum atomic E-state index is 13.9. The first kappa shape index (κ1) is 47.2. The van der Waals surface area contributed by atoms with Crippen LogP contribution < -0.4 is 17.1 Å². The molecule has 1 N–H and O–H groups in total. The summed E-state index contributed by atoms with van der Waals surface area (Å²) in [6, 6.07) is 8.81. The van der Waals surface area contributed by atoms with Gasteiger partial charge in [0, 0.05) is 19.6 Å². The van der Waals surface area contributed by atoms with E-state index in [1.807, 2.05) is 27.7 Å². The summed E-state index contributed by atoms with van der Waals surface area (Å²) in [5, 5.41) is 10.8. The minimum Gasteiger partial charge on any atom is -0.462 e. The van der Waals surface area contributed by atoms with E-state index < -0.39 is 34.6 Å². The molecule has 0 aliphatic carbocycles. The molecule has 308 valence electrons. The number of carbonyl (C=O) groups is 1. The van der Waals surface area contributed by atoms with Gasteiger partial charge < -0.3 is 14.3 Å². The summed E-state index contributed by atoms with van der Waals surface area (Å²) in [6.45, 7) is 20.6. The predicted molar refractivity (Wildman–Crippen MR) is 221 cm³/mol. The van der Waals surface area contributed by atoms with Crippen LogP contribution in [0.5, 0.6) is 0 Å². The van der Waals surface area contributed by atoms with E-state index in [4.69, 9.17) is 4.74 Å². The average Bonchev–Trinajstić information content (AvgIpc) is 3.14. The van der Waals surface area contributed by atoms with E-state index in [9.17, 15) is 24.3 Å². The lowest BCUT2D eigenvalue weighted by Gasteiger charge is -2.33. The molecule has 6 unspecified atom stereocenters. The van der Waals surface area contributed by atoms with E-state index in [0.29, 0.717) is 42.1 Å². The third-order valence-corrected chi connectivity index (χ3v) is 11.7. The van der Waals surface area contributed by atoms with Crippen LogP contribution in [-0.4, -0.2) is 69.2 Å². The topological polar surface area (TPSA) is 113 Å². The molecule has 0 aliphatic rings. The van der Waals surface area contributed by atoms with Crippen LogP contribution in [0.1, 0.15) is 156 Å². The molecule has 1 heterocycles. The fourth-order valence-electron chi connectivity index (χ4n) is 7.56. The quantitative estimate of drug-likeness (QED) is 0.0598. The van der Waals surface area contributed by atoms with E-state index in [1.165, 1.54) is 44.1 Å². The van der Waals surface area contributed by atoms with Gasteiger partial charge in [-0.3, -0.25) is 4.79 Å². The fraction of sp³-hybridized carbons (Fsp3) is 0.773. The maximum absolute atomic E-state index is 13.9. The zero-order chi connectivity index (χ0) is 40.6. The number of aliphatic hydroxyl groups is 1. The molecule has 2 rings (SSSR count). The molecule has 6 atom stereocenters. The van der Waals surface area contributed by atoms with Gasteiger partial charge in [-0.15, -0.1) is 0 Å². The van der Waals surface area contributed by atoms with Crippen LogP contribution in [-0.2, 0) is 29.2 Å². The second-order valence-corrected chi connectivity index (χ2v) is 17.5. The van der Waals surface area contributed by atoms with Crippen LogP contribution in [0.4, 0.5) is 0 Å². The number of nitrogens with zero attached hydrogens (tertiary/aromatic N) is 4. The Kier molecular flexibility index (Phi) is 19.7. The van der Waals surface area contributed by atoms with Crippen molar-refractivity contribution in [3.05, 3.63) is 66.8 Å². The van der Waals surface area contributed by atoms with Crippen molar-refractivity contribution in [1.82, 2.24) is 13.7 Å². The van der Waals surface area contributed by atoms with Gasteiger partial charge >= 0.3 is 23.0 Å². The summed E-state index contributed by atoms with van der Waals surface area (Å²) < 4.78 is 10.0. The predicted octanol–water partition coefficient (Wildman–Crippen LogP) is 7.71. The molecule has 1 aromatic heterocycles. The third kappa shape index (κ3) is 14.3. The molecule has 54 heavy (non-hydrogen) atoms. The van der Waals surface area contributed by atoms with E-state index in [-0.39, 0.29) is 38.1 Å². The normalized spacial score (nSPS) is 16.0. The van der Waals surface area contributed by atoms with E-state index in [0.717, 1.165) is 38.6 Å². The fourth-order valence-corrected chi connectivity index (χ4v) is 7.56. The molecule has 0 saturated heterocycles. The zero-order valence-corrected chi connectivity index (χ0v) is 36.0. The number of hydrogen-bond acceptors (Lipinski definition) is 6. The summed E-state index contributed by atoms with van der Waals surface area (Å²) >= 11 is 0. The molecule has 2 aromatic rings. The van der Waals surface area contributed by atoms with Crippen LogP contribution in [0.3, 0.4) is 0 Å². The van der Waals surface area contributed by atoms with Crippen molar-refractivity contribution in [3.8, 4) is 0 Å². The number of benzene rings is 1. The first-order valence-corrected chi connectivity index (χ1v) is 21.1. The Hall–Kier alpha value is -2.98. The Morgan fingerprint density at radius 3 is 1.94 bits per heavy atom. The molecule has 10 heteroatoms. The second-order valence-electron chi connectivity index (χ2n) is 17.5. The number of carbonyl (C=O) groups excluding carboxylic acids is 1. The summed E-state index contributed by atoms with van der Waals surface area (Å²) in [5.41, 5.74) is 0.0441. The van der Waals surface area contributed by atoms with Crippen LogP contribution in [0.25, 0.3) is 0 Å². The highest BCUT2D eigenvalue weighted by atomic mass is 16.5. The molecular formula is C44H77N4O6+. The highest BCUT2D eigenvalue weighted by Gasteiger charge is 2.36. The molecule has 0 spiro atoms. The van der Waals surface area contributed by atoms with Crippen molar-refractivity contribution < 1.29 is 19.1 Å². The van der Waals surface area contributed by atoms with Gasteiger partial charge in [0.05, 0.1) is 26.1 Å². The minimum absolute atomic E-state index is 0.0394. The zero-order valence-electron chi connectivity index (χ0n) is 36.0. The van der Waals surface area contributed by atoms with Gasteiger partial charge in [-0.05, 0) is 93.1 Å². The number of quaternary nitrogens is 1. The smallest absolute Gasteiger partial charge is 0.336 e. The number of esters is 1. The van der Waals surface area contributed by atoms with Gasteiger partial charge in [0.1, 0.15) is 19.3 Å². The average molecular weight is 758 g/mol. The number of ether oxygens (including phenoxy) is 1. The van der Waals surface area contributed by atoms with E-state index >= 15 is 0 Å². The number of likely N-dealkylation sites (N-methyl/N-ethyl adjacent to an activating group) is 1. The lowest BCUT2D eigenvalue weighted by atomic mass is 9.79. The van der Waals surface area contributed by atoms with E-state index in [1.54, 1.807) is 0 Å². The molecule has 1 aromatic carbocycles. The van der Waals surface area contributed by atoms with Crippen molar-refractivity contribution in [2.75, 3.05) is 33.8 Å². The van der Waals surface area contributed by atoms with Crippen molar-refractivity contribution in [1.29, 1.82) is 0 Å². The van der Waals surface area contributed by atoms with Crippen LogP contribution in [0.2, 0.25) is 0 Å². The number of aliphatic hydroxyl groups excluding tert-OH is 1. The largest absolute Gasteiger partial charge is 0.462 e. The van der Waals surface area contributed by atoms with Gasteiger partial charge in [-0.2, -0.15) is 0 Å². The summed E-state index contributed by atoms with van der Waals surface area (Å²) in [5.74, 6) is 0.241. The molecule has 10 nitrogen and oxygen atoms in total. The Morgan fingerprint density at radius 1 is 0.796 bits per heavy atom. The lowest BCUT2D eigenvalue weighted by Crippen LogP contribution is -2.55. The van der Waals surface area contributed by atoms with Gasteiger partial charge in [-0.25, -0.2) is 28.1 Å². The molecule has 0 amide bonds. The van der Waals surface area contributed by atoms with Gasteiger partial charge in [0.2, 0.25) is 0 Å². The molecule has 0 fully saturated rings. The van der Waals surface area contributed by atoms with Gasteiger partial charge in [0.25, 0.3) is 0 Å². The first-order chi connectivity index (χ1) is 25.4. The summed E-state index contributed by atoms with van der Waals surface area (Å²) in [6.07, 6.45) is 9.02. The number of unbranched alkanes of at least 4 members (excludes halogenated alkanes) is 4. The number of aromatic nitrogens is 3. The second kappa shape index (κ2) is 22.5. The van der Waals surface area contributed by atoms with Crippen molar-refractivity contribution in [3.63, 3.8) is 0 Å². The van der Waals surface area contributed by atoms with Crippen molar-refractivity contribution in [2.24, 2.45) is 17.3 Å². The van der Waals surface area contributed by atoms with E-state index in [2.05, 4.69) is 73.0 Å². The SMILES string of the molecule is CCCCCC[N+](C)(C)CC(O)COC(=O)C(C)(CC)CC(C)Cn1c(=O)n(CCCC)c(=O)n(CC(C)CCC(C)c2cccc(C(C)CC)c2)c1=O. The third-order valence-electron chi connectivity index (χ3n) is 11.7.